The van der Waals surface area contributed by atoms with Gasteiger partial charge in [-0.2, -0.15) is 13.2 Å². The number of piperazine rings is 1. The van der Waals surface area contributed by atoms with Gasteiger partial charge in [-0.3, -0.25) is 4.90 Å². The molecule has 1 heterocycles. The number of hydrogen-bond donors (Lipinski definition) is 1. The summed E-state index contributed by atoms with van der Waals surface area (Å²) in [7, 11) is 0. The molecule has 18 heavy (non-hydrogen) atoms. The van der Waals surface area contributed by atoms with Crippen molar-refractivity contribution in [3.8, 4) is 0 Å². The van der Waals surface area contributed by atoms with Crippen molar-refractivity contribution in [1.29, 1.82) is 0 Å². The van der Waals surface area contributed by atoms with E-state index in [0.717, 1.165) is 18.7 Å². The molecule has 1 saturated heterocycles. The van der Waals surface area contributed by atoms with Crippen LogP contribution in [0.4, 0.5) is 13.2 Å². The van der Waals surface area contributed by atoms with E-state index in [1.54, 1.807) is 24.3 Å². The average molecular weight is 258 g/mol. The molecule has 0 spiro atoms. The summed E-state index contributed by atoms with van der Waals surface area (Å²) in [5.74, 6) is 0. The molecule has 0 radical (unpaired) electrons. The number of halogens is 3. The van der Waals surface area contributed by atoms with Crippen molar-refractivity contribution in [3.63, 3.8) is 0 Å². The highest BCUT2D eigenvalue weighted by molar-refractivity contribution is 5.19. The zero-order valence-corrected chi connectivity index (χ0v) is 10.1. The van der Waals surface area contributed by atoms with Crippen LogP contribution in [0.1, 0.15) is 18.0 Å². The van der Waals surface area contributed by atoms with Gasteiger partial charge in [-0.05, 0) is 5.56 Å². The molecule has 1 aromatic carbocycles. The number of alkyl halides is 3. The third kappa shape index (κ3) is 3.71. The number of benzene rings is 1. The van der Waals surface area contributed by atoms with Crippen molar-refractivity contribution in [2.45, 2.75) is 18.6 Å². The number of nitrogens with zero attached hydrogens (tertiary/aromatic N) is 1. The third-order valence-corrected chi connectivity index (χ3v) is 3.20. The third-order valence-electron chi connectivity index (χ3n) is 3.20. The average Bonchev–Trinajstić information content (AvgIpc) is 2.37. The Labute approximate surface area is 105 Å². The molecule has 1 atom stereocenters. The van der Waals surface area contributed by atoms with E-state index < -0.39 is 18.6 Å². The second kappa shape index (κ2) is 5.71. The Morgan fingerprint density at radius 2 is 1.72 bits per heavy atom. The highest BCUT2D eigenvalue weighted by atomic mass is 19.4. The Morgan fingerprint density at radius 1 is 1.11 bits per heavy atom. The zero-order chi connectivity index (χ0) is 13.0. The molecule has 1 aromatic rings. The van der Waals surface area contributed by atoms with Crippen LogP contribution in [-0.2, 0) is 0 Å². The molecule has 100 valence electrons. The van der Waals surface area contributed by atoms with Gasteiger partial charge in [0.2, 0.25) is 0 Å². The summed E-state index contributed by atoms with van der Waals surface area (Å²) in [5, 5.41) is 3.16. The van der Waals surface area contributed by atoms with Gasteiger partial charge < -0.3 is 5.32 Å². The number of hydrogen-bond acceptors (Lipinski definition) is 2. The van der Waals surface area contributed by atoms with Gasteiger partial charge in [0, 0.05) is 32.2 Å². The normalized spacial score (nSPS) is 19.7. The Morgan fingerprint density at radius 3 is 2.28 bits per heavy atom. The smallest absolute Gasteiger partial charge is 0.314 e. The second-order valence-corrected chi connectivity index (χ2v) is 4.53. The van der Waals surface area contributed by atoms with Gasteiger partial charge >= 0.3 is 6.18 Å². The molecule has 0 saturated carbocycles. The van der Waals surface area contributed by atoms with Gasteiger partial charge in [-0.25, -0.2) is 0 Å². The first-order valence-corrected chi connectivity index (χ1v) is 6.13. The van der Waals surface area contributed by atoms with Gasteiger partial charge in [0.15, 0.2) is 0 Å². The van der Waals surface area contributed by atoms with Crippen LogP contribution in [0.15, 0.2) is 30.3 Å². The van der Waals surface area contributed by atoms with Crippen LogP contribution in [0.5, 0.6) is 0 Å². The first-order valence-electron chi connectivity index (χ1n) is 6.13. The fourth-order valence-corrected chi connectivity index (χ4v) is 2.35. The van der Waals surface area contributed by atoms with Crippen LogP contribution < -0.4 is 5.32 Å². The van der Waals surface area contributed by atoms with Gasteiger partial charge in [0.25, 0.3) is 0 Å². The molecule has 1 fully saturated rings. The molecule has 5 heteroatoms. The Hall–Kier alpha value is -1.07. The van der Waals surface area contributed by atoms with Gasteiger partial charge in [0.05, 0.1) is 6.42 Å². The first kappa shape index (κ1) is 13.4. The fraction of sp³-hybridized carbons (Fsp3) is 0.538. The van der Waals surface area contributed by atoms with Crippen LogP contribution in [-0.4, -0.2) is 37.3 Å². The highest BCUT2D eigenvalue weighted by Gasteiger charge is 2.35. The topological polar surface area (TPSA) is 15.3 Å². The van der Waals surface area contributed by atoms with Crippen molar-refractivity contribution in [2.75, 3.05) is 26.2 Å². The highest BCUT2D eigenvalue weighted by Crippen LogP contribution is 2.33. The lowest BCUT2D eigenvalue weighted by Gasteiger charge is -2.35. The molecule has 0 aliphatic carbocycles. The molecule has 0 bridgehead atoms. The molecule has 2 rings (SSSR count). The summed E-state index contributed by atoms with van der Waals surface area (Å²) in [6, 6.07) is 8.40. The molecule has 1 N–H and O–H groups in total. The second-order valence-electron chi connectivity index (χ2n) is 4.53. The Bertz CT molecular complexity index is 358. The predicted octanol–water partition coefficient (Wildman–Crippen LogP) is 2.59. The standard InChI is InChI=1S/C13H17F3N2/c14-13(15,16)10-12(11-4-2-1-3-5-11)18-8-6-17-7-9-18/h1-5,12,17H,6-10H2/t12-/m1/s1. The van der Waals surface area contributed by atoms with E-state index in [2.05, 4.69) is 5.32 Å². The molecule has 1 aliphatic heterocycles. The van der Waals surface area contributed by atoms with Crippen molar-refractivity contribution in [1.82, 2.24) is 10.2 Å². The van der Waals surface area contributed by atoms with E-state index in [1.807, 2.05) is 11.0 Å². The molecule has 1 aliphatic rings. The summed E-state index contributed by atoms with van der Waals surface area (Å²) in [6.07, 6.45) is -4.91. The van der Waals surface area contributed by atoms with E-state index in [0.29, 0.717) is 13.1 Å². The minimum atomic E-state index is -4.13. The lowest BCUT2D eigenvalue weighted by atomic mass is 10.0. The zero-order valence-electron chi connectivity index (χ0n) is 10.1. The lowest BCUT2D eigenvalue weighted by Crippen LogP contribution is -2.46. The Balaban J connectivity index is 2.17. The summed E-state index contributed by atoms with van der Waals surface area (Å²) >= 11 is 0. The van der Waals surface area contributed by atoms with Crippen molar-refractivity contribution in [2.24, 2.45) is 0 Å². The predicted molar refractivity (Wildman–Crippen MR) is 64.3 cm³/mol. The van der Waals surface area contributed by atoms with Gasteiger partial charge in [-0.1, -0.05) is 30.3 Å². The molecule has 0 amide bonds. The summed E-state index contributed by atoms with van der Waals surface area (Å²) in [5.41, 5.74) is 0.747. The molecular formula is C13H17F3N2. The van der Waals surface area contributed by atoms with E-state index >= 15 is 0 Å². The van der Waals surface area contributed by atoms with Gasteiger partial charge in [-0.15, -0.1) is 0 Å². The van der Waals surface area contributed by atoms with Crippen molar-refractivity contribution >= 4 is 0 Å². The first-order chi connectivity index (χ1) is 8.56. The van der Waals surface area contributed by atoms with Gasteiger partial charge in [0.1, 0.15) is 0 Å². The minimum Gasteiger partial charge on any atom is -0.314 e. The van der Waals surface area contributed by atoms with E-state index in [9.17, 15) is 13.2 Å². The summed E-state index contributed by atoms with van der Waals surface area (Å²) in [4.78, 5) is 1.92. The van der Waals surface area contributed by atoms with E-state index in [4.69, 9.17) is 0 Å². The monoisotopic (exact) mass is 258 g/mol. The Kier molecular flexibility index (Phi) is 4.24. The molecular weight excluding hydrogens is 241 g/mol. The van der Waals surface area contributed by atoms with Crippen LogP contribution in [0, 0.1) is 0 Å². The summed E-state index contributed by atoms with van der Waals surface area (Å²) in [6.45, 7) is 2.83. The minimum absolute atomic E-state index is 0.562. The lowest BCUT2D eigenvalue weighted by molar-refractivity contribution is -0.148. The number of nitrogens with one attached hydrogen (secondary N) is 1. The molecule has 0 aromatic heterocycles. The van der Waals surface area contributed by atoms with Crippen LogP contribution >= 0.6 is 0 Å². The quantitative estimate of drug-likeness (QED) is 0.896. The van der Waals surface area contributed by atoms with Crippen LogP contribution in [0.25, 0.3) is 0 Å². The maximum absolute atomic E-state index is 12.7. The van der Waals surface area contributed by atoms with E-state index in [-0.39, 0.29) is 0 Å². The fourth-order valence-electron chi connectivity index (χ4n) is 2.35. The molecule has 0 unspecified atom stereocenters. The van der Waals surface area contributed by atoms with Crippen LogP contribution in [0.2, 0.25) is 0 Å². The maximum atomic E-state index is 12.7. The van der Waals surface area contributed by atoms with Crippen LogP contribution in [0.3, 0.4) is 0 Å². The van der Waals surface area contributed by atoms with Crippen molar-refractivity contribution in [3.05, 3.63) is 35.9 Å². The number of rotatable bonds is 3. The molecule has 2 nitrogen and oxygen atoms in total. The summed E-state index contributed by atoms with van der Waals surface area (Å²) < 4.78 is 38.1. The van der Waals surface area contributed by atoms with E-state index in [1.165, 1.54) is 0 Å². The maximum Gasteiger partial charge on any atom is 0.390 e. The SMILES string of the molecule is FC(F)(F)C[C@H](c1ccccc1)N1CCNCC1. The van der Waals surface area contributed by atoms with Crippen molar-refractivity contribution < 1.29 is 13.2 Å². The largest absolute Gasteiger partial charge is 0.390 e.